The summed E-state index contributed by atoms with van der Waals surface area (Å²) in [5.74, 6) is 0.162. The van der Waals surface area contributed by atoms with Gasteiger partial charge in [-0.3, -0.25) is 4.79 Å². The molecular formula is C15H15N3OS2. The van der Waals surface area contributed by atoms with E-state index in [1.54, 1.807) is 11.3 Å². The van der Waals surface area contributed by atoms with Crippen molar-refractivity contribution in [2.75, 3.05) is 6.54 Å². The van der Waals surface area contributed by atoms with Crippen LogP contribution in [-0.2, 0) is 17.9 Å². The van der Waals surface area contributed by atoms with Gasteiger partial charge in [-0.05, 0) is 45.8 Å². The van der Waals surface area contributed by atoms with E-state index in [0.29, 0.717) is 11.4 Å². The third-order valence-corrected chi connectivity index (χ3v) is 5.18. The van der Waals surface area contributed by atoms with Gasteiger partial charge in [-0.15, -0.1) is 11.3 Å². The van der Waals surface area contributed by atoms with Crippen LogP contribution in [0.25, 0.3) is 0 Å². The molecule has 3 rings (SSSR count). The summed E-state index contributed by atoms with van der Waals surface area (Å²) in [6.07, 6.45) is 0.845. The fraction of sp³-hybridized carbons (Fsp3) is 0.333. The lowest BCUT2D eigenvalue weighted by atomic mass is 10.2. The first kappa shape index (κ1) is 14.3. The zero-order valence-corrected chi connectivity index (χ0v) is 13.0. The van der Waals surface area contributed by atoms with Crippen LogP contribution < -0.4 is 5.32 Å². The number of nitrogens with zero attached hydrogens (tertiary/aromatic N) is 2. The van der Waals surface area contributed by atoms with Gasteiger partial charge in [0.05, 0.1) is 6.04 Å². The van der Waals surface area contributed by atoms with E-state index in [1.165, 1.54) is 16.9 Å². The SMILES string of the molecule is N#Cc1cc(CN2CC[C@H](NCc3ccsc3)C2=O)cs1. The van der Waals surface area contributed by atoms with Gasteiger partial charge >= 0.3 is 0 Å². The molecule has 21 heavy (non-hydrogen) atoms. The molecule has 0 aromatic carbocycles. The number of carbonyl (C=O) groups excluding carboxylic acids is 1. The van der Waals surface area contributed by atoms with Crippen molar-refractivity contribution in [2.45, 2.75) is 25.6 Å². The molecule has 3 heterocycles. The summed E-state index contributed by atoms with van der Waals surface area (Å²) >= 11 is 3.10. The number of thiophene rings is 2. The molecule has 108 valence electrons. The van der Waals surface area contributed by atoms with Crippen molar-refractivity contribution in [3.63, 3.8) is 0 Å². The molecule has 4 nitrogen and oxygen atoms in total. The minimum absolute atomic E-state index is 0.0843. The summed E-state index contributed by atoms with van der Waals surface area (Å²) in [7, 11) is 0. The summed E-state index contributed by atoms with van der Waals surface area (Å²) in [5, 5.41) is 18.3. The number of amides is 1. The second kappa shape index (κ2) is 6.39. The molecule has 1 atom stereocenters. The number of nitriles is 1. The Bertz CT molecular complexity index is 657. The lowest BCUT2D eigenvalue weighted by molar-refractivity contribution is -0.129. The number of carbonyl (C=O) groups is 1. The molecular weight excluding hydrogens is 302 g/mol. The molecule has 0 unspecified atom stereocenters. The first-order valence-corrected chi connectivity index (χ1v) is 8.59. The van der Waals surface area contributed by atoms with Crippen LogP contribution in [0.3, 0.4) is 0 Å². The van der Waals surface area contributed by atoms with Crippen LogP contribution in [0, 0.1) is 11.3 Å². The van der Waals surface area contributed by atoms with Crippen molar-refractivity contribution in [3.8, 4) is 6.07 Å². The summed E-state index contributed by atoms with van der Waals surface area (Å²) in [6.45, 7) is 2.12. The van der Waals surface area contributed by atoms with Crippen LogP contribution in [0.5, 0.6) is 0 Å². The van der Waals surface area contributed by atoms with Crippen LogP contribution in [0.1, 0.15) is 22.4 Å². The van der Waals surface area contributed by atoms with Gasteiger partial charge in [0.15, 0.2) is 0 Å². The van der Waals surface area contributed by atoms with E-state index in [0.717, 1.165) is 25.1 Å². The number of hydrogen-bond donors (Lipinski definition) is 1. The summed E-state index contributed by atoms with van der Waals surface area (Å²) < 4.78 is 0. The number of nitrogens with one attached hydrogen (secondary N) is 1. The lowest BCUT2D eigenvalue weighted by Crippen LogP contribution is -2.37. The fourth-order valence-corrected chi connectivity index (χ4v) is 3.82. The van der Waals surface area contributed by atoms with E-state index in [9.17, 15) is 4.79 Å². The molecule has 0 bridgehead atoms. The van der Waals surface area contributed by atoms with Gasteiger partial charge < -0.3 is 10.2 Å². The highest BCUT2D eigenvalue weighted by molar-refractivity contribution is 7.10. The zero-order chi connectivity index (χ0) is 14.7. The molecule has 1 amide bonds. The molecule has 0 spiro atoms. The first-order chi connectivity index (χ1) is 10.3. The van der Waals surface area contributed by atoms with E-state index < -0.39 is 0 Å². The normalized spacial score (nSPS) is 18.1. The Morgan fingerprint density at radius 3 is 3.05 bits per heavy atom. The fourth-order valence-electron chi connectivity index (χ4n) is 2.46. The maximum Gasteiger partial charge on any atom is 0.240 e. The van der Waals surface area contributed by atoms with E-state index in [4.69, 9.17) is 5.26 Å². The second-order valence-corrected chi connectivity index (χ2v) is 6.74. The Labute approximate surface area is 131 Å². The van der Waals surface area contributed by atoms with E-state index >= 15 is 0 Å². The Kier molecular flexibility index (Phi) is 4.34. The maximum atomic E-state index is 12.4. The van der Waals surface area contributed by atoms with Gasteiger partial charge in [0.1, 0.15) is 10.9 Å². The van der Waals surface area contributed by atoms with Crippen LogP contribution >= 0.6 is 22.7 Å². The van der Waals surface area contributed by atoms with Crippen molar-refractivity contribution >= 4 is 28.6 Å². The molecule has 1 saturated heterocycles. The maximum absolute atomic E-state index is 12.4. The van der Waals surface area contributed by atoms with Crippen LogP contribution in [0.15, 0.2) is 28.3 Å². The van der Waals surface area contributed by atoms with E-state index in [-0.39, 0.29) is 11.9 Å². The molecule has 0 radical (unpaired) electrons. The summed E-state index contributed by atoms with van der Waals surface area (Å²) in [6, 6.07) is 5.99. The smallest absolute Gasteiger partial charge is 0.240 e. The van der Waals surface area contributed by atoms with Crippen molar-refractivity contribution in [3.05, 3.63) is 44.3 Å². The summed E-state index contributed by atoms with van der Waals surface area (Å²) in [5.41, 5.74) is 2.27. The van der Waals surface area contributed by atoms with Crippen molar-refractivity contribution in [1.29, 1.82) is 5.26 Å². The molecule has 1 aliphatic heterocycles. The van der Waals surface area contributed by atoms with E-state index in [1.807, 2.05) is 21.7 Å². The van der Waals surface area contributed by atoms with Gasteiger partial charge in [-0.1, -0.05) is 0 Å². The van der Waals surface area contributed by atoms with Crippen LogP contribution in [0.2, 0.25) is 0 Å². The highest BCUT2D eigenvalue weighted by Crippen LogP contribution is 2.19. The highest BCUT2D eigenvalue weighted by atomic mass is 32.1. The lowest BCUT2D eigenvalue weighted by Gasteiger charge is -2.16. The molecule has 0 saturated carbocycles. The minimum Gasteiger partial charge on any atom is -0.337 e. The molecule has 2 aromatic rings. The Balaban J connectivity index is 1.54. The third kappa shape index (κ3) is 3.32. The van der Waals surface area contributed by atoms with Crippen LogP contribution in [-0.4, -0.2) is 23.4 Å². The van der Waals surface area contributed by atoms with Crippen LogP contribution in [0.4, 0.5) is 0 Å². The van der Waals surface area contributed by atoms with Gasteiger partial charge in [0, 0.05) is 19.6 Å². The minimum atomic E-state index is -0.0843. The Morgan fingerprint density at radius 1 is 1.43 bits per heavy atom. The second-order valence-electron chi connectivity index (χ2n) is 5.04. The topological polar surface area (TPSA) is 56.1 Å². The van der Waals surface area contributed by atoms with Crippen molar-refractivity contribution < 1.29 is 4.79 Å². The quantitative estimate of drug-likeness (QED) is 0.922. The Morgan fingerprint density at radius 2 is 2.33 bits per heavy atom. The number of hydrogen-bond acceptors (Lipinski definition) is 5. The predicted octanol–water partition coefficient (Wildman–Crippen LogP) is 2.57. The third-order valence-electron chi connectivity index (χ3n) is 3.57. The van der Waals surface area contributed by atoms with Crippen molar-refractivity contribution in [2.24, 2.45) is 0 Å². The number of rotatable bonds is 5. The van der Waals surface area contributed by atoms with E-state index in [2.05, 4.69) is 22.8 Å². The predicted molar refractivity (Wildman–Crippen MR) is 84.0 cm³/mol. The van der Waals surface area contributed by atoms with Gasteiger partial charge in [-0.25, -0.2) is 0 Å². The molecule has 1 aliphatic rings. The number of likely N-dealkylation sites (tertiary alicyclic amines) is 1. The highest BCUT2D eigenvalue weighted by Gasteiger charge is 2.31. The van der Waals surface area contributed by atoms with Gasteiger partial charge in [-0.2, -0.15) is 16.6 Å². The molecule has 0 aliphatic carbocycles. The molecule has 2 aromatic heterocycles. The zero-order valence-electron chi connectivity index (χ0n) is 11.4. The molecule has 1 N–H and O–H groups in total. The summed E-state index contributed by atoms with van der Waals surface area (Å²) in [4.78, 5) is 14.9. The van der Waals surface area contributed by atoms with Gasteiger partial charge in [0.25, 0.3) is 0 Å². The van der Waals surface area contributed by atoms with Gasteiger partial charge in [0.2, 0.25) is 5.91 Å². The average Bonchev–Trinajstić information content (AvgIpc) is 3.21. The Hall–Kier alpha value is -1.68. The largest absolute Gasteiger partial charge is 0.337 e. The van der Waals surface area contributed by atoms with Crippen molar-refractivity contribution in [1.82, 2.24) is 10.2 Å². The standard InChI is InChI=1S/C15H15N3OS2/c16-6-13-5-12(10-21-13)8-18-3-1-14(15(18)19)17-7-11-2-4-20-9-11/h2,4-5,9-10,14,17H,1,3,7-8H2/t14-/m0/s1. The molecule has 1 fully saturated rings. The first-order valence-electron chi connectivity index (χ1n) is 6.77. The monoisotopic (exact) mass is 317 g/mol. The molecule has 6 heteroatoms. The average molecular weight is 317 g/mol.